The van der Waals surface area contributed by atoms with Crippen molar-refractivity contribution in [2.75, 3.05) is 13.2 Å². The fourth-order valence-corrected chi connectivity index (χ4v) is 5.07. The van der Waals surface area contributed by atoms with Crippen molar-refractivity contribution in [2.24, 2.45) is 17.8 Å². The Hall–Kier alpha value is -0.0800. The fraction of sp³-hybridized carbons (Fsp3) is 1.00. The number of rotatable bonds is 6. The molecule has 2 nitrogen and oxygen atoms in total. The van der Waals surface area contributed by atoms with E-state index in [1.165, 1.54) is 57.8 Å². The maximum atomic E-state index is 6.25. The van der Waals surface area contributed by atoms with Gasteiger partial charge in [0.2, 0.25) is 0 Å². The molecule has 1 aliphatic heterocycles. The lowest BCUT2D eigenvalue weighted by Crippen LogP contribution is -2.53. The highest BCUT2D eigenvalue weighted by Crippen LogP contribution is 2.50. The van der Waals surface area contributed by atoms with E-state index in [1.54, 1.807) is 0 Å². The molecule has 5 atom stereocenters. The van der Waals surface area contributed by atoms with Gasteiger partial charge in [0.25, 0.3) is 0 Å². The molecule has 5 unspecified atom stereocenters. The minimum Gasteiger partial charge on any atom is -0.374 e. The Morgan fingerprint density at radius 1 is 1.25 bits per heavy atom. The van der Waals surface area contributed by atoms with Crippen molar-refractivity contribution < 1.29 is 4.74 Å². The Kier molecular flexibility index (Phi) is 4.72. The Balaban J connectivity index is 1.62. The zero-order valence-electron chi connectivity index (χ0n) is 13.5. The van der Waals surface area contributed by atoms with Gasteiger partial charge in [-0.05, 0) is 82.6 Å². The average molecular weight is 279 g/mol. The van der Waals surface area contributed by atoms with Crippen molar-refractivity contribution >= 4 is 0 Å². The molecule has 1 saturated heterocycles. The number of hydrogen-bond donors (Lipinski definition) is 1. The lowest BCUT2D eigenvalue weighted by Gasteiger charge is -2.43. The molecule has 1 heterocycles. The van der Waals surface area contributed by atoms with Crippen LogP contribution in [0.1, 0.15) is 71.6 Å². The Bertz CT molecular complexity index is 311. The molecule has 1 N–H and O–H groups in total. The largest absolute Gasteiger partial charge is 0.374 e. The van der Waals surface area contributed by atoms with E-state index in [2.05, 4.69) is 19.2 Å². The third-order valence-electron chi connectivity index (χ3n) is 6.30. The summed E-state index contributed by atoms with van der Waals surface area (Å²) < 4.78 is 6.25. The van der Waals surface area contributed by atoms with E-state index >= 15 is 0 Å². The van der Waals surface area contributed by atoms with E-state index in [0.29, 0.717) is 6.04 Å². The van der Waals surface area contributed by atoms with Crippen LogP contribution in [0.3, 0.4) is 0 Å². The topological polar surface area (TPSA) is 21.3 Å². The third-order valence-corrected chi connectivity index (χ3v) is 6.30. The maximum Gasteiger partial charge on any atom is 0.0806 e. The van der Waals surface area contributed by atoms with Crippen LogP contribution in [0.5, 0.6) is 0 Å². The highest BCUT2D eigenvalue weighted by Gasteiger charge is 2.44. The van der Waals surface area contributed by atoms with Crippen molar-refractivity contribution in [3.63, 3.8) is 0 Å². The molecular formula is C18H33NO. The lowest BCUT2D eigenvalue weighted by molar-refractivity contribution is -0.0937. The minimum atomic E-state index is 0.0925. The first kappa shape index (κ1) is 14.8. The number of hydrogen-bond acceptors (Lipinski definition) is 2. The Labute approximate surface area is 125 Å². The number of fused-ring (bicyclic) bond motifs is 2. The number of ether oxygens (including phenoxy) is 1. The lowest BCUT2D eigenvalue weighted by atomic mass is 9.78. The van der Waals surface area contributed by atoms with Gasteiger partial charge in [0.05, 0.1) is 5.60 Å². The molecule has 2 aliphatic carbocycles. The molecule has 20 heavy (non-hydrogen) atoms. The summed E-state index contributed by atoms with van der Waals surface area (Å²) >= 11 is 0. The van der Waals surface area contributed by atoms with E-state index in [0.717, 1.165) is 30.9 Å². The van der Waals surface area contributed by atoms with Crippen LogP contribution in [0, 0.1) is 17.8 Å². The summed E-state index contributed by atoms with van der Waals surface area (Å²) in [5, 5.41) is 3.84. The van der Waals surface area contributed by atoms with Gasteiger partial charge in [-0.1, -0.05) is 13.3 Å². The first-order valence-corrected chi connectivity index (χ1v) is 9.08. The second-order valence-electron chi connectivity index (χ2n) is 7.80. The van der Waals surface area contributed by atoms with Crippen LogP contribution in [0.25, 0.3) is 0 Å². The fourth-order valence-electron chi connectivity index (χ4n) is 5.07. The van der Waals surface area contributed by atoms with E-state index in [-0.39, 0.29) is 5.60 Å². The first-order valence-electron chi connectivity index (χ1n) is 9.08. The quantitative estimate of drug-likeness (QED) is 0.789. The smallest absolute Gasteiger partial charge is 0.0806 e. The van der Waals surface area contributed by atoms with Gasteiger partial charge < -0.3 is 10.1 Å². The van der Waals surface area contributed by atoms with Crippen LogP contribution in [-0.4, -0.2) is 24.8 Å². The molecule has 0 amide bonds. The molecule has 0 aromatic heterocycles. The molecule has 3 fully saturated rings. The molecule has 2 bridgehead atoms. The van der Waals surface area contributed by atoms with Gasteiger partial charge in [0, 0.05) is 12.6 Å². The molecule has 2 heteroatoms. The maximum absolute atomic E-state index is 6.25. The third kappa shape index (κ3) is 3.06. The SMILES string of the molecule is CCCNC(CC1CC2CCC1C2)C1(C)CCCCO1. The van der Waals surface area contributed by atoms with E-state index in [9.17, 15) is 0 Å². The van der Waals surface area contributed by atoms with Gasteiger partial charge in [-0.15, -0.1) is 0 Å². The van der Waals surface area contributed by atoms with Gasteiger partial charge in [0.1, 0.15) is 0 Å². The van der Waals surface area contributed by atoms with Crippen LogP contribution < -0.4 is 5.32 Å². The zero-order chi connectivity index (χ0) is 14.0. The molecule has 0 radical (unpaired) electrons. The second kappa shape index (κ2) is 6.36. The van der Waals surface area contributed by atoms with Crippen molar-refractivity contribution in [3.8, 4) is 0 Å². The summed E-state index contributed by atoms with van der Waals surface area (Å²) in [7, 11) is 0. The summed E-state index contributed by atoms with van der Waals surface area (Å²) in [6.45, 7) is 6.75. The molecule has 0 aromatic carbocycles. The zero-order valence-corrected chi connectivity index (χ0v) is 13.5. The molecule has 3 aliphatic rings. The molecule has 116 valence electrons. The number of nitrogens with one attached hydrogen (secondary N) is 1. The summed E-state index contributed by atoms with van der Waals surface area (Å²) in [6.07, 6.45) is 12.5. The second-order valence-corrected chi connectivity index (χ2v) is 7.80. The highest BCUT2D eigenvalue weighted by molar-refractivity contribution is 4.97. The normalized spacial score (nSPS) is 42.0. The molecule has 0 aromatic rings. The standard InChI is InChI=1S/C18H33NO/c1-3-9-19-17(18(2)8-4-5-10-20-18)13-16-12-14-6-7-15(16)11-14/h14-17,19H,3-13H2,1-2H3. The van der Waals surface area contributed by atoms with Gasteiger partial charge >= 0.3 is 0 Å². The summed E-state index contributed by atoms with van der Waals surface area (Å²) in [4.78, 5) is 0. The van der Waals surface area contributed by atoms with Crippen LogP contribution in [-0.2, 0) is 4.74 Å². The monoisotopic (exact) mass is 279 g/mol. The summed E-state index contributed by atoms with van der Waals surface area (Å²) in [6, 6.07) is 0.576. The Morgan fingerprint density at radius 2 is 2.15 bits per heavy atom. The van der Waals surface area contributed by atoms with Crippen LogP contribution in [0.4, 0.5) is 0 Å². The summed E-state index contributed by atoms with van der Waals surface area (Å²) in [5.41, 5.74) is 0.0925. The highest BCUT2D eigenvalue weighted by atomic mass is 16.5. The van der Waals surface area contributed by atoms with Crippen molar-refractivity contribution in [1.82, 2.24) is 5.32 Å². The van der Waals surface area contributed by atoms with Crippen molar-refractivity contribution in [2.45, 2.75) is 83.3 Å². The average Bonchev–Trinajstić information content (AvgIpc) is 3.06. The molecular weight excluding hydrogens is 246 g/mol. The predicted molar refractivity (Wildman–Crippen MR) is 83.8 cm³/mol. The van der Waals surface area contributed by atoms with E-state index in [4.69, 9.17) is 4.74 Å². The predicted octanol–water partition coefficient (Wildman–Crippen LogP) is 4.14. The van der Waals surface area contributed by atoms with Gasteiger partial charge in [-0.3, -0.25) is 0 Å². The van der Waals surface area contributed by atoms with Crippen LogP contribution in [0.2, 0.25) is 0 Å². The molecule has 2 saturated carbocycles. The minimum absolute atomic E-state index is 0.0925. The molecule has 3 rings (SSSR count). The summed E-state index contributed by atoms with van der Waals surface area (Å²) in [5.74, 6) is 3.08. The van der Waals surface area contributed by atoms with Gasteiger partial charge in [0.15, 0.2) is 0 Å². The van der Waals surface area contributed by atoms with Crippen molar-refractivity contribution in [3.05, 3.63) is 0 Å². The van der Waals surface area contributed by atoms with Crippen LogP contribution in [0.15, 0.2) is 0 Å². The Morgan fingerprint density at radius 3 is 2.75 bits per heavy atom. The van der Waals surface area contributed by atoms with Gasteiger partial charge in [-0.2, -0.15) is 0 Å². The molecule has 0 spiro atoms. The van der Waals surface area contributed by atoms with Crippen LogP contribution >= 0.6 is 0 Å². The van der Waals surface area contributed by atoms with E-state index in [1.807, 2.05) is 0 Å². The van der Waals surface area contributed by atoms with Crippen molar-refractivity contribution in [1.29, 1.82) is 0 Å². The van der Waals surface area contributed by atoms with E-state index < -0.39 is 0 Å². The van der Waals surface area contributed by atoms with Gasteiger partial charge in [-0.25, -0.2) is 0 Å². The first-order chi connectivity index (χ1) is 9.71.